The quantitative estimate of drug-likeness (QED) is 0.771. The number of rotatable bonds is 7. The molecule has 2 aromatic rings. The van der Waals surface area contributed by atoms with Gasteiger partial charge in [-0.3, -0.25) is 9.97 Å². The lowest BCUT2D eigenvalue weighted by Crippen LogP contribution is -2.29. The van der Waals surface area contributed by atoms with Gasteiger partial charge in [0.25, 0.3) is 0 Å². The Morgan fingerprint density at radius 1 is 1.12 bits per heavy atom. The summed E-state index contributed by atoms with van der Waals surface area (Å²) in [7, 11) is 0. The van der Waals surface area contributed by atoms with E-state index in [1.807, 2.05) is 24.8 Å². The first-order chi connectivity index (χ1) is 12.2. The number of aromatic nitrogens is 2. The molecule has 3 heteroatoms. The Balaban J connectivity index is 1.93. The van der Waals surface area contributed by atoms with Crippen LogP contribution in [-0.2, 0) is 6.42 Å². The number of allylic oxidation sites excluding steroid dienone is 1. The molecule has 3 nitrogen and oxygen atoms in total. The van der Waals surface area contributed by atoms with Gasteiger partial charge < -0.3 is 5.32 Å². The standard InChI is InChI=1S/C22H29N3/c1-4-6-20(7-5-2)25-22-12-18(19-10-16(3)13-24-14-19)11-17-8-9-23-15-21(17)22/h8-10,12-15,18,20,25H,4-7,11H2,1-3H3. The van der Waals surface area contributed by atoms with E-state index < -0.39 is 0 Å². The molecular formula is C22H29N3. The largest absolute Gasteiger partial charge is 0.382 e. The molecule has 2 aromatic heterocycles. The first-order valence-corrected chi connectivity index (χ1v) is 9.54. The fraction of sp³-hybridized carbons (Fsp3) is 0.455. The Morgan fingerprint density at radius 3 is 2.64 bits per heavy atom. The molecule has 0 saturated heterocycles. The molecule has 0 aromatic carbocycles. The minimum atomic E-state index is 0.369. The van der Waals surface area contributed by atoms with Gasteiger partial charge in [-0.05, 0) is 48.9 Å². The van der Waals surface area contributed by atoms with Crippen molar-refractivity contribution in [2.24, 2.45) is 0 Å². The zero-order valence-electron chi connectivity index (χ0n) is 15.6. The first kappa shape index (κ1) is 17.7. The van der Waals surface area contributed by atoms with Gasteiger partial charge in [0.2, 0.25) is 0 Å². The summed E-state index contributed by atoms with van der Waals surface area (Å²) >= 11 is 0. The van der Waals surface area contributed by atoms with Crippen LogP contribution in [0, 0.1) is 6.92 Å². The van der Waals surface area contributed by atoms with E-state index in [0.29, 0.717) is 12.0 Å². The molecule has 1 atom stereocenters. The van der Waals surface area contributed by atoms with E-state index in [4.69, 9.17) is 0 Å². The molecule has 0 bridgehead atoms. The van der Waals surface area contributed by atoms with Crippen molar-refractivity contribution >= 4 is 5.70 Å². The lowest BCUT2D eigenvalue weighted by Gasteiger charge is -2.28. The predicted octanol–water partition coefficient (Wildman–Crippen LogP) is 5.02. The summed E-state index contributed by atoms with van der Waals surface area (Å²) in [6.07, 6.45) is 16.1. The summed E-state index contributed by atoms with van der Waals surface area (Å²) in [5, 5.41) is 3.83. The second kappa shape index (κ2) is 8.28. The number of pyridine rings is 2. The Hall–Kier alpha value is -2.16. The summed E-state index contributed by atoms with van der Waals surface area (Å²) in [6, 6.07) is 4.95. The van der Waals surface area contributed by atoms with E-state index in [2.05, 4.69) is 54.3 Å². The van der Waals surface area contributed by atoms with Crippen LogP contribution in [0.3, 0.4) is 0 Å². The Labute approximate surface area is 151 Å². The molecule has 2 heterocycles. The second-order valence-electron chi connectivity index (χ2n) is 7.14. The Kier molecular flexibility index (Phi) is 5.85. The smallest absolute Gasteiger partial charge is 0.0400 e. The van der Waals surface area contributed by atoms with Crippen LogP contribution in [0.2, 0.25) is 0 Å². The minimum Gasteiger partial charge on any atom is -0.382 e. The zero-order valence-corrected chi connectivity index (χ0v) is 15.6. The summed E-state index contributed by atoms with van der Waals surface area (Å²) < 4.78 is 0. The maximum absolute atomic E-state index is 4.40. The number of fused-ring (bicyclic) bond motifs is 1. The third kappa shape index (κ3) is 4.28. The van der Waals surface area contributed by atoms with Gasteiger partial charge in [0, 0.05) is 48.0 Å². The average molecular weight is 335 g/mol. The van der Waals surface area contributed by atoms with Gasteiger partial charge in [-0.25, -0.2) is 0 Å². The average Bonchev–Trinajstić information content (AvgIpc) is 2.62. The van der Waals surface area contributed by atoms with Crippen LogP contribution < -0.4 is 5.32 Å². The second-order valence-corrected chi connectivity index (χ2v) is 7.14. The van der Waals surface area contributed by atoms with Crippen LogP contribution in [-0.4, -0.2) is 16.0 Å². The summed E-state index contributed by atoms with van der Waals surface area (Å²) in [6.45, 7) is 6.63. The molecule has 0 radical (unpaired) electrons. The molecule has 132 valence electrons. The van der Waals surface area contributed by atoms with Crippen LogP contribution in [0.1, 0.15) is 67.7 Å². The van der Waals surface area contributed by atoms with Crippen molar-refractivity contribution in [1.29, 1.82) is 0 Å². The van der Waals surface area contributed by atoms with Crippen LogP contribution in [0.4, 0.5) is 0 Å². The number of nitrogens with zero attached hydrogens (tertiary/aromatic N) is 2. The summed E-state index contributed by atoms with van der Waals surface area (Å²) in [5.74, 6) is 0.369. The highest BCUT2D eigenvalue weighted by molar-refractivity contribution is 5.70. The van der Waals surface area contributed by atoms with Crippen LogP contribution in [0.25, 0.3) is 5.70 Å². The normalized spacial score (nSPS) is 16.5. The fourth-order valence-electron chi connectivity index (χ4n) is 3.76. The molecule has 25 heavy (non-hydrogen) atoms. The van der Waals surface area contributed by atoms with E-state index >= 15 is 0 Å². The minimum absolute atomic E-state index is 0.369. The SMILES string of the molecule is CCCC(CCC)NC1=CC(c2cncc(C)c2)Cc2ccncc21. The van der Waals surface area contributed by atoms with Gasteiger partial charge >= 0.3 is 0 Å². The lowest BCUT2D eigenvalue weighted by atomic mass is 9.84. The molecule has 1 aliphatic carbocycles. The molecule has 0 aliphatic heterocycles. The number of hydrogen-bond donors (Lipinski definition) is 1. The monoisotopic (exact) mass is 335 g/mol. The van der Waals surface area contributed by atoms with Crippen LogP contribution in [0.15, 0.2) is 43.0 Å². The third-order valence-electron chi connectivity index (χ3n) is 4.97. The summed E-state index contributed by atoms with van der Waals surface area (Å²) in [5.41, 5.74) is 6.39. The Morgan fingerprint density at radius 2 is 1.92 bits per heavy atom. The molecule has 3 rings (SSSR count). The third-order valence-corrected chi connectivity index (χ3v) is 4.97. The number of hydrogen-bond acceptors (Lipinski definition) is 3. The summed E-state index contributed by atoms with van der Waals surface area (Å²) in [4.78, 5) is 8.76. The van der Waals surface area contributed by atoms with Crippen molar-refractivity contribution < 1.29 is 0 Å². The Bertz CT molecular complexity index is 730. The van der Waals surface area contributed by atoms with Crippen molar-refractivity contribution in [2.45, 2.75) is 64.8 Å². The van der Waals surface area contributed by atoms with E-state index in [9.17, 15) is 0 Å². The lowest BCUT2D eigenvalue weighted by molar-refractivity contribution is 0.500. The van der Waals surface area contributed by atoms with Gasteiger partial charge in [0.05, 0.1) is 0 Å². The highest BCUT2D eigenvalue weighted by Crippen LogP contribution is 2.33. The van der Waals surface area contributed by atoms with Crippen molar-refractivity contribution in [2.75, 3.05) is 0 Å². The zero-order chi connectivity index (χ0) is 17.6. The fourth-order valence-corrected chi connectivity index (χ4v) is 3.76. The van der Waals surface area contributed by atoms with Crippen LogP contribution in [0.5, 0.6) is 0 Å². The molecular weight excluding hydrogens is 306 g/mol. The molecule has 0 fully saturated rings. The van der Waals surface area contributed by atoms with Crippen molar-refractivity contribution in [3.63, 3.8) is 0 Å². The molecule has 1 unspecified atom stereocenters. The molecule has 0 amide bonds. The van der Waals surface area contributed by atoms with E-state index in [1.165, 1.54) is 53.6 Å². The van der Waals surface area contributed by atoms with Gasteiger partial charge in [-0.15, -0.1) is 0 Å². The van der Waals surface area contributed by atoms with Crippen molar-refractivity contribution in [3.8, 4) is 0 Å². The van der Waals surface area contributed by atoms with Gasteiger partial charge in [-0.1, -0.05) is 38.8 Å². The van der Waals surface area contributed by atoms with Crippen molar-refractivity contribution in [3.05, 3.63) is 65.2 Å². The topological polar surface area (TPSA) is 37.8 Å². The highest BCUT2D eigenvalue weighted by atomic mass is 14.9. The van der Waals surface area contributed by atoms with E-state index in [0.717, 1.165) is 6.42 Å². The van der Waals surface area contributed by atoms with E-state index in [-0.39, 0.29) is 0 Å². The maximum atomic E-state index is 4.40. The van der Waals surface area contributed by atoms with Gasteiger partial charge in [0.1, 0.15) is 0 Å². The van der Waals surface area contributed by atoms with Gasteiger partial charge in [-0.2, -0.15) is 0 Å². The number of nitrogens with one attached hydrogen (secondary N) is 1. The van der Waals surface area contributed by atoms with E-state index in [1.54, 1.807) is 0 Å². The highest BCUT2D eigenvalue weighted by Gasteiger charge is 2.22. The predicted molar refractivity (Wildman–Crippen MR) is 104 cm³/mol. The molecule has 1 aliphatic rings. The first-order valence-electron chi connectivity index (χ1n) is 9.54. The number of aryl methyl sites for hydroxylation is 1. The molecule has 0 spiro atoms. The molecule has 0 saturated carbocycles. The van der Waals surface area contributed by atoms with Crippen LogP contribution >= 0.6 is 0 Å². The maximum Gasteiger partial charge on any atom is 0.0400 e. The molecule has 1 N–H and O–H groups in total. The van der Waals surface area contributed by atoms with Crippen molar-refractivity contribution in [1.82, 2.24) is 15.3 Å². The van der Waals surface area contributed by atoms with Gasteiger partial charge in [0.15, 0.2) is 0 Å².